The summed E-state index contributed by atoms with van der Waals surface area (Å²) in [6.07, 6.45) is 6.73. The number of nitrogens with zero attached hydrogens (tertiary/aromatic N) is 3. The topological polar surface area (TPSA) is 90.7 Å². The molecule has 1 aromatic heterocycles. The largest absolute Gasteiger partial charge is 0.358 e. The van der Waals surface area contributed by atoms with Crippen LogP contribution in [0.1, 0.15) is 36.2 Å². The molecule has 6 heteroatoms. The molecule has 2 rings (SSSR count). The highest BCUT2D eigenvalue weighted by molar-refractivity contribution is 5.93. The van der Waals surface area contributed by atoms with Crippen molar-refractivity contribution in [2.45, 2.75) is 26.7 Å². The van der Waals surface area contributed by atoms with E-state index < -0.39 is 0 Å². The zero-order chi connectivity index (χ0) is 18.2. The molecule has 25 heavy (non-hydrogen) atoms. The fraction of sp³-hybridized carbons (Fsp3) is 0.263. The molecule has 0 aliphatic rings. The van der Waals surface area contributed by atoms with Crippen LogP contribution in [0.25, 0.3) is 0 Å². The summed E-state index contributed by atoms with van der Waals surface area (Å²) in [4.78, 5) is 12.1. The Morgan fingerprint density at radius 3 is 2.72 bits per heavy atom. The lowest BCUT2D eigenvalue weighted by Gasteiger charge is -2.12. The number of amides is 1. The molecule has 0 aliphatic heterocycles. The highest BCUT2D eigenvalue weighted by Gasteiger charge is 2.15. The number of hydrogen-bond donors (Lipinski definition) is 2. The first-order chi connectivity index (χ1) is 12.1. The summed E-state index contributed by atoms with van der Waals surface area (Å²) in [7, 11) is 0. The lowest BCUT2D eigenvalue weighted by Crippen LogP contribution is -2.23. The summed E-state index contributed by atoms with van der Waals surface area (Å²) < 4.78 is 0. The van der Waals surface area contributed by atoms with E-state index in [1.165, 1.54) is 0 Å². The Balaban J connectivity index is 2.09. The number of rotatable bonds is 6. The Morgan fingerprint density at radius 2 is 2.08 bits per heavy atom. The minimum absolute atomic E-state index is 0.0295. The Labute approximate surface area is 147 Å². The number of carbonyl (C=O) groups is 1. The molecule has 0 unspecified atom stereocenters. The number of hydrogen-bond acceptors (Lipinski definition) is 5. The number of anilines is 2. The van der Waals surface area contributed by atoms with Crippen LogP contribution in [-0.4, -0.2) is 22.6 Å². The van der Waals surface area contributed by atoms with Gasteiger partial charge < -0.3 is 10.6 Å². The molecule has 0 aliphatic carbocycles. The van der Waals surface area contributed by atoms with E-state index in [1.54, 1.807) is 24.3 Å². The average Bonchev–Trinajstić information content (AvgIpc) is 2.65. The van der Waals surface area contributed by atoms with Crippen LogP contribution in [0.4, 0.5) is 11.5 Å². The lowest BCUT2D eigenvalue weighted by molar-refractivity contribution is -0.114. The first kappa shape index (κ1) is 18.0. The summed E-state index contributed by atoms with van der Waals surface area (Å²) in [5.41, 5.74) is 3.41. The van der Waals surface area contributed by atoms with Gasteiger partial charge in [0, 0.05) is 11.3 Å². The van der Waals surface area contributed by atoms with E-state index >= 15 is 0 Å². The van der Waals surface area contributed by atoms with Gasteiger partial charge in [-0.15, -0.1) is 11.5 Å². The van der Waals surface area contributed by atoms with Gasteiger partial charge in [0.05, 0.1) is 12.2 Å². The minimum atomic E-state index is -0.266. The molecule has 0 atom stereocenters. The van der Waals surface area contributed by atoms with Gasteiger partial charge in [0.1, 0.15) is 11.6 Å². The van der Waals surface area contributed by atoms with Gasteiger partial charge in [0.25, 0.3) is 0 Å². The van der Waals surface area contributed by atoms with Crippen molar-refractivity contribution in [2.24, 2.45) is 0 Å². The maximum Gasteiger partial charge on any atom is 0.243 e. The lowest BCUT2D eigenvalue weighted by atomic mass is 10.0. The zero-order valence-corrected chi connectivity index (χ0v) is 14.3. The smallest absolute Gasteiger partial charge is 0.243 e. The second-order valence-electron chi connectivity index (χ2n) is 5.29. The zero-order valence-electron chi connectivity index (χ0n) is 14.3. The number of benzene rings is 1. The Bertz CT molecular complexity index is 861. The van der Waals surface area contributed by atoms with Crippen molar-refractivity contribution < 1.29 is 4.79 Å². The quantitative estimate of drug-likeness (QED) is 0.793. The molecular formula is C19H19N5O. The van der Waals surface area contributed by atoms with Crippen LogP contribution in [0, 0.1) is 23.7 Å². The summed E-state index contributed by atoms with van der Waals surface area (Å²) in [5.74, 6) is 2.57. The third kappa shape index (κ3) is 4.33. The molecule has 2 N–H and O–H groups in total. The second-order valence-corrected chi connectivity index (χ2v) is 5.29. The fourth-order valence-corrected chi connectivity index (χ4v) is 2.47. The molecule has 0 bridgehead atoms. The van der Waals surface area contributed by atoms with Crippen molar-refractivity contribution in [1.29, 1.82) is 5.26 Å². The third-order valence-corrected chi connectivity index (χ3v) is 3.69. The normalized spacial score (nSPS) is 9.76. The summed E-state index contributed by atoms with van der Waals surface area (Å²) in [5, 5.41) is 23.3. The Kier molecular flexibility index (Phi) is 6.08. The van der Waals surface area contributed by atoms with Gasteiger partial charge in [-0.1, -0.05) is 25.8 Å². The van der Waals surface area contributed by atoms with Crippen molar-refractivity contribution >= 4 is 17.4 Å². The van der Waals surface area contributed by atoms with Gasteiger partial charge in [-0.3, -0.25) is 4.79 Å². The number of nitriles is 1. The van der Waals surface area contributed by atoms with Crippen LogP contribution in [0.5, 0.6) is 0 Å². The predicted octanol–water partition coefficient (Wildman–Crippen LogP) is 2.50. The number of nitrogens with one attached hydrogen (secondary N) is 2. The van der Waals surface area contributed by atoms with E-state index in [2.05, 4.69) is 32.8 Å². The average molecular weight is 333 g/mol. The van der Waals surface area contributed by atoms with Crippen molar-refractivity contribution in [1.82, 2.24) is 10.2 Å². The van der Waals surface area contributed by atoms with Crippen molar-refractivity contribution in [3.8, 4) is 18.4 Å². The highest BCUT2D eigenvalue weighted by atomic mass is 16.1. The van der Waals surface area contributed by atoms with E-state index in [0.717, 1.165) is 11.3 Å². The van der Waals surface area contributed by atoms with Crippen LogP contribution >= 0.6 is 0 Å². The third-order valence-electron chi connectivity index (χ3n) is 3.69. The SMILES string of the molecule is C#Cc1cccc(NC(=O)CNc2nnc(CC)c(CC)c2C#N)c1. The molecule has 1 amide bonds. The number of aromatic nitrogens is 2. The van der Waals surface area contributed by atoms with E-state index in [9.17, 15) is 10.1 Å². The van der Waals surface area contributed by atoms with Crippen molar-refractivity contribution in [2.75, 3.05) is 17.2 Å². The van der Waals surface area contributed by atoms with Crippen molar-refractivity contribution in [3.63, 3.8) is 0 Å². The number of aryl methyl sites for hydroxylation is 1. The molecule has 0 spiro atoms. The Hall–Kier alpha value is -3.38. The van der Waals surface area contributed by atoms with E-state index in [4.69, 9.17) is 6.42 Å². The van der Waals surface area contributed by atoms with E-state index in [1.807, 2.05) is 13.8 Å². The van der Waals surface area contributed by atoms with Gasteiger partial charge in [-0.25, -0.2) is 0 Å². The first-order valence-electron chi connectivity index (χ1n) is 8.01. The van der Waals surface area contributed by atoms with Gasteiger partial charge in [-0.2, -0.15) is 10.4 Å². The summed E-state index contributed by atoms with van der Waals surface area (Å²) in [6.45, 7) is 3.90. The maximum absolute atomic E-state index is 12.1. The number of carbonyl (C=O) groups excluding carboxylic acids is 1. The van der Waals surface area contributed by atoms with Gasteiger partial charge >= 0.3 is 0 Å². The maximum atomic E-state index is 12.1. The van der Waals surface area contributed by atoms with E-state index in [0.29, 0.717) is 35.5 Å². The van der Waals surface area contributed by atoms with E-state index in [-0.39, 0.29) is 12.5 Å². The molecule has 1 heterocycles. The molecule has 126 valence electrons. The van der Waals surface area contributed by atoms with Crippen LogP contribution in [-0.2, 0) is 17.6 Å². The molecule has 0 saturated carbocycles. The summed E-state index contributed by atoms with van der Waals surface area (Å²) in [6, 6.07) is 9.18. The van der Waals surface area contributed by atoms with Crippen LogP contribution in [0.2, 0.25) is 0 Å². The van der Waals surface area contributed by atoms with Crippen LogP contribution in [0.3, 0.4) is 0 Å². The number of terminal acetylenes is 1. The van der Waals surface area contributed by atoms with Gasteiger partial charge in [0.2, 0.25) is 5.91 Å². The minimum Gasteiger partial charge on any atom is -0.358 e. The summed E-state index contributed by atoms with van der Waals surface area (Å²) >= 11 is 0. The molecule has 0 radical (unpaired) electrons. The van der Waals surface area contributed by atoms with Crippen LogP contribution < -0.4 is 10.6 Å². The first-order valence-corrected chi connectivity index (χ1v) is 8.01. The standard InChI is InChI=1S/C19H19N5O/c1-4-13-8-7-9-14(10-13)22-18(25)12-21-19-16(11-20)15(5-2)17(6-3)23-24-19/h1,7-10H,5-6,12H2,2-3H3,(H,21,24)(H,22,25). The van der Waals surface area contributed by atoms with Gasteiger partial charge in [-0.05, 0) is 36.6 Å². The fourth-order valence-electron chi connectivity index (χ4n) is 2.47. The Morgan fingerprint density at radius 1 is 1.28 bits per heavy atom. The highest BCUT2D eigenvalue weighted by Crippen LogP contribution is 2.19. The van der Waals surface area contributed by atoms with Crippen molar-refractivity contribution in [3.05, 3.63) is 46.6 Å². The van der Waals surface area contributed by atoms with Gasteiger partial charge in [0.15, 0.2) is 5.82 Å². The predicted molar refractivity (Wildman–Crippen MR) is 97.0 cm³/mol. The monoisotopic (exact) mass is 333 g/mol. The second kappa shape index (κ2) is 8.47. The molecule has 1 aromatic carbocycles. The van der Waals surface area contributed by atoms with Crippen LogP contribution in [0.15, 0.2) is 24.3 Å². The molecular weight excluding hydrogens is 314 g/mol. The molecule has 0 saturated heterocycles. The molecule has 6 nitrogen and oxygen atoms in total. The molecule has 0 fully saturated rings. The molecule has 2 aromatic rings.